The Balaban J connectivity index is 0.00000169. The second kappa shape index (κ2) is 5.75. The fourth-order valence-corrected chi connectivity index (χ4v) is 2.89. The highest BCUT2D eigenvalue weighted by Crippen LogP contribution is 2.36. The van der Waals surface area contributed by atoms with Crippen molar-refractivity contribution in [3.05, 3.63) is 71.3 Å². The maximum atomic E-state index is 14.9. The predicted molar refractivity (Wildman–Crippen MR) is 95.3 cm³/mol. The quantitative estimate of drug-likeness (QED) is 0.376. The van der Waals surface area contributed by atoms with Gasteiger partial charge in [0.25, 0.3) is 0 Å². The topological polar surface area (TPSA) is 13.1 Å². The van der Waals surface area contributed by atoms with Gasteiger partial charge in [-0.25, -0.2) is 8.78 Å². The Bertz CT molecular complexity index is 1040. The third-order valence-corrected chi connectivity index (χ3v) is 4.24. The molecule has 3 heteroatoms. The zero-order valence-corrected chi connectivity index (χ0v) is 12.8. The number of aryl methyl sites for hydroxylation is 2. The van der Waals surface area contributed by atoms with Crippen LogP contribution in [0, 0.1) is 25.5 Å². The van der Waals surface area contributed by atoms with Gasteiger partial charge in [0.1, 0.15) is 0 Å². The molecule has 0 saturated heterocycles. The van der Waals surface area contributed by atoms with Crippen LogP contribution in [0.4, 0.5) is 8.78 Å². The summed E-state index contributed by atoms with van der Waals surface area (Å²) in [6.07, 6.45) is 0. The summed E-state index contributed by atoms with van der Waals surface area (Å²) in [5.41, 5.74) is 3.02. The summed E-state index contributed by atoms with van der Waals surface area (Å²) >= 11 is 0. The molecule has 0 N–H and O–H groups in total. The molecule has 0 atom stereocenters. The molecule has 0 amide bonds. The maximum absolute atomic E-state index is 14.9. The van der Waals surface area contributed by atoms with Gasteiger partial charge in [-0.2, -0.15) is 0 Å². The van der Waals surface area contributed by atoms with Crippen molar-refractivity contribution >= 4 is 21.9 Å². The van der Waals surface area contributed by atoms with E-state index in [4.69, 9.17) is 4.42 Å². The van der Waals surface area contributed by atoms with Gasteiger partial charge in [-0.05, 0) is 31.0 Å². The fraction of sp³-hybridized carbons (Fsp3) is 0.143. The predicted octanol–water partition coefficient (Wildman–Crippen LogP) is 6.78. The highest BCUT2D eigenvalue weighted by molar-refractivity contribution is 6.06. The van der Waals surface area contributed by atoms with E-state index >= 15 is 0 Å². The van der Waals surface area contributed by atoms with Crippen LogP contribution in [0.2, 0.25) is 0 Å². The smallest absolute Gasteiger partial charge is 0.174 e. The molecule has 4 aromatic rings. The van der Waals surface area contributed by atoms with Crippen LogP contribution in [0.3, 0.4) is 0 Å². The van der Waals surface area contributed by atoms with Crippen molar-refractivity contribution < 1.29 is 13.2 Å². The van der Waals surface area contributed by atoms with E-state index in [1.54, 1.807) is 31.2 Å². The van der Waals surface area contributed by atoms with Gasteiger partial charge in [0.2, 0.25) is 0 Å². The first-order valence-corrected chi connectivity index (χ1v) is 7.43. The van der Waals surface area contributed by atoms with Gasteiger partial charge in [-0.3, -0.25) is 0 Å². The summed E-state index contributed by atoms with van der Waals surface area (Å²) in [5.74, 6) is -0.894. The van der Waals surface area contributed by atoms with Gasteiger partial charge >= 0.3 is 0 Å². The molecular weight excluding hydrogens is 306 g/mol. The number of halogens is 2. The Labute approximate surface area is 139 Å². The van der Waals surface area contributed by atoms with E-state index in [0.29, 0.717) is 21.9 Å². The standard InChI is InChI=1S/C20H14F2O.CH4/c1-11-3-6-13(7-4-11)14-9-10-16-15-8-5-12(2)17(21)19(15)23-20(16)18(14)22;/h3-10H,1-2H3;1H4. The molecule has 1 aromatic heterocycles. The molecule has 0 aliphatic carbocycles. The monoisotopic (exact) mass is 324 g/mol. The molecule has 0 aliphatic heterocycles. The van der Waals surface area contributed by atoms with Crippen LogP contribution in [0.25, 0.3) is 33.1 Å². The normalized spacial score (nSPS) is 11.0. The minimum atomic E-state index is -0.459. The SMILES string of the molecule is C.Cc1ccc(-c2ccc3c(oc4c(F)c(C)ccc43)c2F)cc1. The lowest BCUT2D eigenvalue weighted by molar-refractivity contribution is 0.555. The highest BCUT2D eigenvalue weighted by atomic mass is 19.1. The minimum Gasteiger partial charge on any atom is -0.450 e. The molecule has 1 nitrogen and oxygen atoms in total. The van der Waals surface area contributed by atoms with E-state index in [1.807, 2.05) is 31.2 Å². The molecule has 0 saturated carbocycles. The summed E-state index contributed by atoms with van der Waals surface area (Å²) < 4.78 is 34.7. The summed E-state index contributed by atoms with van der Waals surface area (Å²) in [7, 11) is 0. The Morgan fingerprint density at radius 3 is 1.96 bits per heavy atom. The lowest BCUT2D eigenvalue weighted by Gasteiger charge is -2.04. The summed E-state index contributed by atoms with van der Waals surface area (Å²) in [5, 5.41) is 1.18. The third kappa shape index (κ3) is 2.28. The molecule has 0 bridgehead atoms. The van der Waals surface area contributed by atoms with E-state index in [0.717, 1.165) is 11.1 Å². The Morgan fingerprint density at radius 2 is 1.29 bits per heavy atom. The van der Waals surface area contributed by atoms with Crippen molar-refractivity contribution in [3.8, 4) is 11.1 Å². The van der Waals surface area contributed by atoms with E-state index in [-0.39, 0.29) is 18.6 Å². The van der Waals surface area contributed by atoms with Crippen LogP contribution in [0.5, 0.6) is 0 Å². The van der Waals surface area contributed by atoms with Crippen LogP contribution < -0.4 is 0 Å². The number of fused-ring (bicyclic) bond motifs is 3. The van der Waals surface area contributed by atoms with Crippen LogP contribution >= 0.6 is 0 Å². The molecule has 1 heterocycles. The largest absolute Gasteiger partial charge is 0.450 e. The number of benzene rings is 3. The molecule has 4 rings (SSSR count). The Morgan fingerprint density at radius 1 is 0.708 bits per heavy atom. The van der Waals surface area contributed by atoms with Crippen LogP contribution in [0.1, 0.15) is 18.6 Å². The van der Waals surface area contributed by atoms with E-state index in [1.165, 1.54) is 0 Å². The van der Waals surface area contributed by atoms with Crippen molar-refractivity contribution in [2.75, 3.05) is 0 Å². The summed E-state index contributed by atoms with van der Waals surface area (Å²) in [6.45, 7) is 3.64. The van der Waals surface area contributed by atoms with E-state index in [2.05, 4.69) is 0 Å². The van der Waals surface area contributed by atoms with Crippen LogP contribution in [-0.2, 0) is 0 Å². The van der Waals surface area contributed by atoms with E-state index < -0.39 is 11.6 Å². The molecule has 0 radical (unpaired) electrons. The van der Waals surface area contributed by atoms with Gasteiger partial charge in [0.05, 0.1) is 0 Å². The van der Waals surface area contributed by atoms with Gasteiger partial charge in [-0.15, -0.1) is 0 Å². The van der Waals surface area contributed by atoms with Gasteiger partial charge in [-0.1, -0.05) is 55.5 Å². The molecule has 0 spiro atoms. The average Bonchev–Trinajstić information content (AvgIpc) is 2.93. The molecule has 3 aromatic carbocycles. The lowest BCUT2D eigenvalue weighted by atomic mass is 10.0. The number of hydrogen-bond acceptors (Lipinski definition) is 1. The first-order chi connectivity index (χ1) is 11.1. The zero-order chi connectivity index (χ0) is 16.1. The van der Waals surface area contributed by atoms with Gasteiger partial charge in [0, 0.05) is 16.3 Å². The molecule has 0 unspecified atom stereocenters. The maximum Gasteiger partial charge on any atom is 0.174 e. The molecule has 0 aliphatic rings. The molecule has 24 heavy (non-hydrogen) atoms. The van der Waals surface area contributed by atoms with Gasteiger partial charge < -0.3 is 4.42 Å². The minimum absolute atomic E-state index is 0. The fourth-order valence-electron chi connectivity index (χ4n) is 2.89. The van der Waals surface area contributed by atoms with Crippen LogP contribution in [-0.4, -0.2) is 0 Å². The second-order valence-electron chi connectivity index (χ2n) is 5.85. The van der Waals surface area contributed by atoms with Crippen molar-refractivity contribution in [3.63, 3.8) is 0 Å². The Hall–Kier alpha value is -2.68. The Kier molecular flexibility index (Phi) is 3.88. The van der Waals surface area contributed by atoms with Crippen molar-refractivity contribution in [1.29, 1.82) is 0 Å². The molecule has 122 valence electrons. The van der Waals surface area contributed by atoms with Crippen molar-refractivity contribution in [1.82, 2.24) is 0 Å². The first-order valence-electron chi connectivity index (χ1n) is 7.43. The lowest BCUT2D eigenvalue weighted by Crippen LogP contribution is -1.85. The highest BCUT2D eigenvalue weighted by Gasteiger charge is 2.18. The van der Waals surface area contributed by atoms with Crippen molar-refractivity contribution in [2.45, 2.75) is 21.3 Å². The number of rotatable bonds is 1. The number of furan rings is 1. The second-order valence-corrected chi connectivity index (χ2v) is 5.85. The first kappa shape index (κ1) is 16.2. The van der Waals surface area contributed by atoms with Gasteiger partial charge in [0.15, 0.2) is 22.8 Å². The van der Waals surface area contributed by atoms with Crippen LogP contribution in [0.15, 0.2) is 52.9 Å². The summed E-state index contributed by atoms with van der Waals surface area (Å²) in [4.78, 5) is 0. The zero-order valence-electron chi connectivity index (χ0n) is 12.8. The number of hydrogen-bond donors (Lipinski definition) is 0. The average molecular weight is 324 g/mol. The summed E-state index contributed by atoms with van der Waals surface area (Å²) in [6, 6.07) is 14.5. The van der Waals surface area contributed by atoms with Crippen molar-refractivity contribution in [2.24, 2.45) is 0 Å². The van der Waals surface area contributed by atoms with E-state index in [9.17, 15) is 8.78 Å². The third-order valence-electron chi connectivity index (χ3n) is 4.24. The molecule has 0 fully saturated rings. The molecular formula is C21H18F2O.